The van der Waals surface area contributed by atoms with Crippen molar-refractivity contribution in [3.8, 4) is 0 Å². The maximum atomic E-state index is 12.5. The van der Waals surface area contributed by atoms with Gasteiger partial charge in [-0.05, 0) is 18.6 Å². The van der Waals surface area contributed by atoms with Gasteiger partial charge in [0.25, 0.3) is 5.91 Å². The Kier molecular flexibility index (Phi) is 3.41. The van der Waals surface area contributed by atoms with Gasteiger partial charge < -0.3 is 4.90 Å². The topological polar surface area (TPSA) is 67.3 Å². The minimum atomic E-state index is -3.01. The van der Waals surface area contributed by atoms with Gasteiger partial charge in [-0.25, -0.2) is 13.4 Å². The number of carbonyl (C=O) groups is 1. The van der Waals surface area contributed by atoms with Crippen LogP contribution in [0.2, 0.25) is 0 Å². The number of aromatic nitrogens is 1. The number of fused-ring (bicyclic) bond motifs is 1. The van der Waals surface area contributed by atoms with Gasteiger partial charge in [0.15, 0.2) is 9.84 Å². The van der Waals surface area contributed by atoms with Crippen LogP contribution < -0.4 is 0 Å². The smallest absolute Gasteiger partial charge is 0.272 e. The van der Waals surface area contributed by atoms with Crippen molar-refractivity contribution in [3.05, 3.63) is 42.1 Å². The van der Waals surface area contributed by atoms with Gasteiger partial charge >= 0.3 is 0 Å². The lowest BCUT2D eigenvalue weighted by atomic mass is 10.1. The van der Waals surface area contributed by atoms with Gasteiger partial charge in [-0.2, -0.15) is 0 Å². The number of hydrogen-bond donors (Lipinski definition) is 0. The van der Waals surface area contributed by atoms with E-state index in [-0.39, 0.29) is 23.5 Å². The number of hydrogen-bond acceptors (Lipinski definition) is 4. The van der Waals surface area contributed by atoms with Crippen LogP contribution in [0.3, 0.4) is 0 Å². The Morgan fingerprint density at radius 1 is 1.24 bits per heavy atom. The van der Waals surface area contributed by atoms with Crippen molar-refractivity contribution in [1.82, 2.24) is 9.88 Å². The lowest BCUT2D eigenvalue weighted by Gasteiger charge is -2.23. The molecule has 2 heterocycles. The van der Waals surface area contributed by atoms with Crippen molar-refractivity contribution < 1.29 is 13.2 Å². The van der Waals surface area contributed by atoms with Gasteiger partial charge in [0, 0.05) is 18.5 Å². The van der Waals surface area contributed by atoms with E-state index < -0.39 is 9.84 Å². The Balaban J connectivity index is 1.86. The predicted octanol–water partition coefficient (Wildman–Crippen LogP) is 1.49. The number of para-hydroxylation sites is 1. The summed E-state index contributed by atoms with van der Waals surface area (Å²) in [6.45, 7) is 0. The van der Waals surface area contributed by atoms with Crippen molar-refractivity contribution >= 4 is 26.6 Å². The maximum Gasteiger partial charge on any atom is 0.272 e. The van der Waals surface area contributed by atoms with Crippen LogP contribution in [-0.4, -0.2) is 48.8 Å². The molecule has 21 heavy (non-hydrogen) atoms. The Labute approximate surface area is 123 Å². The summed E-state index contributed by atoms with van der Waals surface area (Å²) in [6, 6.07) is 10.9. The fourth-order valence-electron chi connectivity index (χ4n) is 2.61. The van der Waals surface area contributed by atoms with Crippen LogP contribution in [-0.2, 0) is 9.84 Å². The lowest BCUT2D eigenvalue weighted by Crippen LogP contribution is -2.38. The third-order valence-electron chi connectivity index (χ3n) is 3.89. The second-order valence-electron chi connectivity index (χ2n) is 5.36. The first-order valence-corrected chi connectivity index (χ1v) is 8.62. The summed E-state index contributed by atoms with van der Waals surface area (Å²) in [6.07, 6.45) is 0.498. The number of nitrogens with zero attached hydrogens (tertiary/aromatic N) is 2. The molecule has 0 aliphatic carbocycles. The maximum absolute atomic E-state index is 12.5. The predicted molar refractivity (Wildman–Crippen MR) is 80.9 cm³/mol. The van der Waals surface area contributed by atoms with E-state index in [0.717, 1.165) is 10.9 Å². The molecule has 1 fully saturated rings. The average molecular weight is 304 g/mol. The van der Waals surface area contributed by atoms with E-state index in [1.807, 2.05) is 30.3 Å². The number of amides is 1. The molecule has 2 aromatic rings. The van der Waals surface area contributed by atoms with E-state index in [9.17, 15) is 13.2 Å². The molecule has 6 heteroatoms. The third kappa shape index (κ3) is 2.76. The number of benzene rings is 1. The van der Waals surface area contributed by atoms with E-state index in [1.165, 1.54) is 4.90 Å². The third-order valence-corrected chi connectivity index (χ3v) is 5.64. The van der Waals surface area contributed by atoms with E-state index >= 15 is 0 Å². The van der Waals surface area contributed by atoms with Crippen molar-refractivity contribution in [2.45, 2.75) is 12.5 Å². The number of carbonyl (C=O) groups excluding carboxylic acids is 1. The van der Waals surface area contributed by atoms with Gasteiger partial charge in [0.05, 0.1) is 17.0 Å². The molecule has 0 spiro atoms. The molecule has 1 aromatic heterocycles. The normalized spacial score (nSPS) is 20.5. The molecule has 1 aliphatic heterocycles. The minimum absolute atomic E-state index is 0.0445. The van der Waals surface area contributed by atoms with Gasteiger partial charge in [-0.15, -0.1) is 0 Å². The molecule has 3 rings (SSSR count). The highest BCUT2D eigenvalue weighted by molar-refractivity contribution is 7.91. The summed E-state index contributed by atoms with van der Waals surface area (Å²) in [5.74, 6) is -0.0358. The largest absolute Gasteiger partial charge is 0.336 e. The van der Waals surface area contributed by atoms with E-state index in [0.29, 0.717) is 12.1 Å². The molecule has 1 saturated heterocycles. The summed E-state index contributed by atoms with van der Waals surface area (Å²) in [5.41, 5.74) is 1.11. The van der Waals surface area contributed by atoms with Crippen molar-refractivity contribution in [2.24, 2.45) is 0 Å². The van der Waals surface area contributed by atoms with Gasteiger partial charge in [0.2, 0.25) is 0 Å². The van der Waals surface area contributed by atoms with Crippen LogP contribution >= 0.6 is 0 Å². The Morgan fingerprint density at radius 3 is 2.71 bits per heavy atom. The zero-order valence-electron chi connectivity index (χ0n) is 11.7. The molecule has 1 unspecified atom stereocenters. The molecule has 5 nitrogen and oxygen atoms in total. The van der Waals surface area contributed by atoms with E-state index in [2.05, 4.69) is 4.98 Å². The molecule has 1 atom stereocenters. The number of pyridine rings is 1. The summed E-state index contributed by atoms with van der Waals surface area (Å²) in [7, 11) is -1.36. The Morgan fingerprint density at radius 2 is 2.00 bits per heavy atom. The molecule has 0 bridgehead atoms. The Hall–Kier alpha value is -1.95. The molecular weight excluding hydrogens is 288 g/mol. The highest BCUT2D eigenvalue weighted by atomic mass is 32.2. The molecule has 1 amide bonds. The van der Waals surface area contributed by atoms with E-state index in [4.69, 9.17) is 0 Å². The molecule has 110 valence electrons. The van der Waals surface area contributed by atoms with Gasteiger partial charge in [0.1, 0.15) is 5.69 Å². The lowest BCUT2D eigenvalue weighted by molar-refractivity contribution is 0.0742. The fraction of sp³-hybridized carbons (Fsp3) is 0.333. The quantitative estimate of drug-likeness (QED) is 0.843. The SMILES string of the molecule is CN(C(=O)c1ccc2ccccc2n1)C1CCS(=O)(=O)C1. The standard InChI is InChI=1S/C15H16N2O3S/c1-17(12-8-9-21(19,20)10-12)15(18)14-7-6-11-4-2-3-5-13(11)16-14/h2-7,12H,8-10H2,1H3. The summed E-state index contributed by atoms with van der Waals surface area (Å²) >= 11 is 0. The van der Waals surface area contributed by atoms with Crippen LogP contribution in [0.25, 0.3) is 10.9 Å². The van der Waals surface area contributed by atoms with Crippen molar-refractivity contribution in [2.75, 3.05) is 18.6 Å². The van der Waals surface area contributed by atoms with Crippen molar-refractivity contribution in [3.63, 3.8) is 0 Å². The minimum Gasteiger partial charge on any atom is -0.336 e. The first kappa shape index (κ1) is 14.0. The highest BCUT2D eigenvalue weighted by Crippen LogP contribution is 2.19. The second kappa shape index (κ2) is 5.11. The van der Waals surface area contributed by atoms with Crippen molar-refractivity contribution in [1.29, 1.82) is 0 Å². The molecule has 1 aromatic carbocycles. The van der Waals surface area contributed by atoms with Gasteiger partial charge in [-0.3, -0.25) is 4.79 Å². The molecule has 0 N–H and O–H groups in total. The summed E-state index contributed by atoms with van der Waals surface area (Å²) < 4.78 is 23.1. The van der Waals surface area contributed by atoms with Crippen LogP contribution in [0.4, 0.5) is 0 Å². The number of sulfone groups is 1. The monoisotopic (exact) mass is 304 g/mol. The summed E-state index contributed by atoms with van der Waals surface area (Å²) in [4.78, 5) is 18.3. The first-order valence-electron chi connectivity index (χ1n) is 6.80. The average Bonchev–Trinajstić information content (AvgIpc) is 2.85. The first-order chi connectivity index (χ1) is 9.96. The molecule has 1 aliphatic rings. The highest BCUT2D eigenvalue weighted by Gasteiger charge is 2.33. The second-order valence-corrected chi connectivity index (χ2v) is 7.59. The van der Waals surface area contributed by atoms with Gasteiger partial charge in [-0.1, -0.05) is 24.3 Å². The molecule has 0 saturated carbocycles. The molecular formula is C15H16N2O3S. The zero-order chi connectivity index (χ0) is 15.0. The van der Waals surface area contributed by atoms with Crippen LogP contribution in [0.1, 0.15) is 16.9 Å². The van der Waals surface area contributed by atoms with Crippen LogP contribution in [0.15, 0.2) is 36.4 Å². The van der Waals surface area contributed by atoms with Crippen LogP contribution in [0.5, 0.6) is 0 Å². The number of rotatable bonds is 2. The summed E-state index contributed by atoms with van der Waals surface area (Å²) in [5, 5.41) is 0.972. The fourth-order valence-corrected chi connectivity index (χ4v) is 4.39. The van der Waals surface area contributed by atoms with Crippen LogP contribution in [0, 0.1) is 0 Å². The van der Waals surface area contributed by atoms with E-state index in [1.54, 1.807) is 13.1 Å². The zero-order valence-corrected chi connectivity index (χ0v) is 12.5. The molecule has 0 radical (unpaired) electrons. The Bertz CT molecular complexity index is 801.